The number of rotatable bonds is 4. The number of aromatic carboxylic acids is 1. The normalized spacial score (nSPS) is 17.0. The van der Waals surface area contributed by atoms with Crippen LogP contribution >= 0.6 is 0 Å². The predicted octanol–water partition coefficient (Wildman–Crippen LogP) is 3.54. The summed E-state index contributed by atoms with van der Waals surface area (Å²) in [5, 5.41) is 8.94. The Morgan fingerprint density at radius 3 is 2.83 bits per heavy atom. The van der Waals surface area contributed by atoms with Gasteiger partial charge < -0.3 is 19.2 Å². The molecule has 0 amide bonds. The SMILES string of the molecule is CC(C)C1CN(Cc2ccc(C(=O)O)o2)c2cc(F)ccc2O1. The lowest BCUT2D eigenvalue weighted by molar-refractivity contribution is 0.0660. The van der Waals surface area contributed by atoms with Gasteiger partial charge in [-0.15, -0.1) is 0 Å². The number of benzene rings is 1. The summed E-state index contributed by atoms with van der Waals surface area (Å²) in [5.41, 5.74) is 0.648. The summed E-state index contributed by atoms with van der Waals surface area (Å²) in [6.07, 6.45) is -0.0260. The summed E-state index contributed by atoms with van der Waals surface area (Å²) in [5.74, 6) is -0.117. The molecule has 2 heterocycles. The standard InChI is InChI=1S/C17H18FNO4/c1-10(2)16-9-19(8-12-4-6-15(22-12)17(20)21)13-7-11(18)3-5-14(13)23-16/h3-7,10,16H,8-9H2,1-2H3,(H,20,21). The van der Waals surface area contributed by atoms with Gasteiger partial charge in [0.2, 0.25) is 5.76 Å². The van der Waals surface area contributed by atoms with E-state index in [0.717, 1.165) is 0 Å². The molecule has 1 unspecified atom stereocenters. The maximum atomic E-state index is 13.6. The molecule has 1 aliphatic heterocycles. The Morgan fingerprint density at radius 1 is 1.39 bits per heavy atom. The van der Waals surface area contributed by atoms with Crippen LogP contribution in [0.4, 0.5) is 10.1 Å². The third kappa shape index (κ3) is 3.16. The van der Waals surface area contributed by atoms with Crippen molar-refractivity contribution < 1.29 is 23.4 Å². The number of hydrogen-bond acceptors (Lipinski definition) is 4. The Bertz CT molecular complexity index is 725. The highest BCUT2D eigenvalue weighted by Gasteiger charge is 2.29. The quantitative estimate of drug-likeness (QED) is 0.934. The van der Waals surface area contributed by atoms with Crippen LogP contribution < -0.4 is 9.64 Å². The highest BCUT2D eigenvalue weighted by atomic mass is 19.1. The van der Waals surface area contributed by atoms with Crippen molar-refractivity contribution >= 4 is 11.7 Å². The van der Waals surface area contributed by atoms with Gasteiger partial charge in [-0.1, -0.05) is 13.8 Å². The van der Waals surface area contributed by atoms with Gasteiger partial charge in [-0.2, -0.15) is 0 Å². The molecule has 1 atom stereocenters. The zero-order valence-electron chi connectivity index (χ0n) is 13.0. The molecule has 0 bridgehead atoms. The van der Waals surface area contributed by atoms with Crippen molar-refractivity contribution in [1.82, 2.24) is 0 Å². The minimum Gasteiger partial charge on any atom is -0.486 e. The lowest BCUT2D eigenvalue weighted by atomic mass is 10.0. The van der Waals surface area contributed by atoms with Crippen LogP contribution in [0.2, 0.25) is 0 Å². The van der Waals surface area contributed by atoms with Crippen molar-refractivity contribution in [1.29, 1.82) is 0 Å². The van der Waals surface area contributed by atoms with Gasteiger partial charge in [-0.05, 0) is 30.2 Å². The number of fused-ring (bicyclic) bond motifs is 1. The Hall–Kier alpha value is -2.50. The summed E-state index contributed by atoms with van der Waals surface area (Å²) < 4.78 is 24.8. The van der Waals surface area contributed by atoms with Crippen LogP contribution in [0.1, 0.15) is 30.2 Å². The second-order valence-corrected chi connectivity index (χ2v) is 5.96. The monoisotopic (exact) mass is 319 g/mol. The largest absolute Gasteiger partial charge is 0.486 e. The van der Waals surface area contributed by atoms with Crippen LogP contribution in [0.3, 0.4) is 0 Å². The number of anilines is 1. The molecule has 1 aromatic heterocycles. The van der Waals surface area contributed by atoms with Crippen molar-refractivity contribution in [3.63, 3.8) is 0 Å². The number of carboxylic acids is 1. The van der Waals surface area contributed by atoms with Gasteiger partial charge in [0.25, 0.3) is 0 Å². The van der Waals surface area contributed by atoms with E-state index in [2.05, 4.69) is 13.8 Å². The molecule has 0 fully saturated rings. The Morgan fingerprint density at radius 2 is 2.17 bits per heavy atom. The molecular weight excluding hydrogens is 301 g/mol. The Labute approximate surface area is 133 Å². The van der Waals surface area contributed by atoms with Crippen LogP contribution in [0.15, 0.2) is 34.7 Å². The second-order valence-electron chi connectivity index (χ2n) is 5.96. The molecule has 5 nitrogen and oxygen atoms in total. The fourth-order valence-electron chi connectivity index (χ4n) is 2.62. The average molecular weight is 319 g/mol. The summed E-state index contributed by atoms with van der Waals surface area (Å²) in [4.78, 5) is 12.9. The van der Waals surface area contributed by atoms with Gasteiger partial charge in [0, 0.05) is 6.07 Å². The lowest BCUT2D eigenvalue weighted by Gasteiger charge is -2.37. The van der Waals surface area contributed by atoms with Crippen LogP contribution in [-0.4, -0.2) is 23.7 Å². The van der Waals surface area contributed by atoms with E-state index < -0.39 is 5.97 Å². The van der Waals surface area contributed by atoms with Crippen molar-refractivity contribution in [2.75, 3.05) is 11.4 Å². The Kier molecular flexibility index (Phi) is 3.98. The molecule has 3 rings (SSSR count). The number of hydrogen-bond donors (Lipinski definition) is 1. The fraction of sp³-hybridized carbons (Fsp3) is 0.353. The molecule has 1 N–H and O–H groups in total. The zero-order chi connectivity index (χ0) is 16.6. The topological polar surface area (TPSA) is 62.9 Å². The van der Waals surface area contributed by atoms with Gasteiger partial charge >= 0.3 is 5.97 Å². The van der Waals surface area contributed by atoms with Crippen LogP contribution in [-0.2, 0) is 6.54 Å². The van der Waals surface area contributed by atoms with Gasteiger partial charge in [-0.3, -0.25) is 0 Å². The summed E-state index contributed by atoms with van der Waals surface area (Å²) in [6.45, 7) is 5.06. The number of nitrogens with zero attached hydrogens (tertiary/aromatic N) is 1. The van der Waals surface area contributed by atoms with Gasteiger partial charge in [0.1, 0.15) is 23.4 Å². The number of halogens is 1. The lowest BCUT2D eigenvalue weighted by Crippen LogP contribution is -2.42. The minimum atomic E-state index is -1.11. The fourth-order valence-corrected chi connectivity index (χ4v) is 2.62. The van der Waals surface area contributed by atoms with E-state index in [1.54, 1.807) is 12.1 Å². The van der Waals surface area contributed by atoms with Crippen LogP contribution in [0.25, 0.3) is 0 Å². The van der Waals surface area contributed by atoms with E-state index in [-0.39, 0.29) is 17.7 Å². The molecule has 0 saturated heterocycles. The molecule has 6 heteroatoms. The first-order valence-electron chi connectivity index (χ1n) is 7.47. The summed E-state index contributed by atoms with van der Waals surface area (Å²) in [7, 11) is 0. The van der Waals surface area contributed by atoms with Crippen LogP contribution in [0.5, 0.6) is 5.75 Å². The molecule has 2 aromatic rings. The number of carbonyl (C=O) groups is 1. The molecule has 1 aliphatic rings. The molecule has 0 radical (unpaired) electrons. The van der Waals surface area contributed by atoms with Gasteiger partial charge in [0.15, 0.2) is 0 Å². The third-order valence-corrected chi connectivity index (χ3v) is 3.90. The molecule has 0 spiro atoms. The van der Waals surface area contributed by atoms with Gasteiger partial charge in [0.05, 0.1) is 18.8 Å². The Balaban J connectivity index is 1.90. The zero-order valence-corrected chi connectivity index (χ0v) is 13.0. The van der Waals surface area contributed by atoms with Gasteiger partial charge in [-0.25, -0.2) is 9.18 Å². The maximum absolute atomic E-state index is 13.6. The molecule has 122 valence electrons. The van der Waals surface area contributed by atoms with E-state index in [9.17, 15) is 9.18 Å². The smallest absolute Gasteiger partial charge is 0.371 e. The first-order chi connectivity index (χ1) is 10.9. The summed E-state index contributed by atoms with van der Waals surface area (Å²) in [6, 6.07) is 7.46. The van der Waals surface area contributed by atoms with Crippen LogP contribution in [0, 0.1) is 11.7 Å². The maximum Gasteiger partial charge on any atom is 0.371 e. The number of ether oxygens (including phenoxy) is 1. The molecular formula is C17H18FNO4. The number of carboxylic acid groups (broad SMARTS) is 1. The van der Waals surface area contributed by atoms with Crippen molar-refractivity contribution in [2.45, 2.75) is 26.5 Å². The first-order valence-corrected chi connectivity index (χ1v) is 7.47. The average Bonchev–Trinajstić information content (AvgIpc) is 2.96. The molecule has 1 aromatic carbocycles. The predicted molar refractivity (Wildman–Crippen MR) is 82.4 cm³/mol. The van der Waals surface area contributed by atoms with Crippen molar-refractivity contribution in [3.8, 4) is 5.75 Å². The van der Waals surface area contributed by atoms with Crippen molar-refractivity contribution in [2.24, 2.45) is 5.92 Å². The van der Waals surface area contributed by atoms with E-state index in [1.165, 1.54) is 18.2 Å². The second kappa shape index (κ2) is 5.95. The molecule has 0 saturated carbocycles. The highest BCUT2D eigenvalue weighted by Crippen LogP contribution is 2.36. The summed E-state index contributed by atoms with van der Waals surface area (Å²) >= 11 is 0. The van der Waals surface area contributed by atoms with E-state index in [1.807, 2.05) is 4.90 Å². The minimum absolute atomic E-state index is 0.0260. The van der Waals surface area contributed by atoms with E-state index >= 15 is 0 Å². The van der Waals surface area contributed by atoms with Crippen molar-refractivity contribution in [3.05, 3.63) is 47.7 Å². The van der Waals surface area contributed by atoms with E-state index in [4.69, 9.17) is 14.3 Å². The third-order valence-electron chi connectivity index (χ3n) is 3.90. The van der Waals surface area contributed by atoms with E-state index in [0.29, 0.717) is 36.2 Å². The molecule has 0 aliphatic carbocycles. The highest BCUT2D eigenvalue weighted by molar-refractivity contribution is 5.84. The molecule has 23 heavy (non-hydrogen) atoms. The number of furan rings is 1. The first kappa shape index (κ1) is 15.4.